The van der Waals surface area contributed by atoms with Crippen LogP contribution in [0.2, 0.25) is 0 Å². The highest BCUT2D eigenvalue weighted by Gasteiger charge is 2.32. The van der Waals surface area contributed by atoms with Gasteiger partial charge in [0.05, 0.1) is 0 Å². The van der Waals surface area contributed by atoms with Crippen LogP contribution in [0.4, 0.5) is 0 Å². The summed E-state index contributed by atoms with van der Waals surface area (Å²) in [6.07, 6.45) is 0.974. The molecule has 0 aromatic heterocycles. The molecule has 0 bridgehead atoms. The maximum Gasteiger partial charge on any atom is 0.192 e. The average Bonchev–Trinajstić information content (AvgIpc) is 1.48. The molecule has 1 atom stereocenters. The average molecular weight is 250 g/mol. The third-order valence-corrected chi connectivity index (χ3v) is 1.91. The van der Waals surface area contributed by atoms with Crippen LogP contribution in [-0.2, 0) is 0 Å². The SMILES string of the molecule is C=C(C)CC(C)(Cl)CC(Cl)(Cl)Cl. The van der Waals surface area contributed by atoms with Gasteiger partial charge in [0, 0.05) is 11.3 Å². The normalized spacial score (nSPS) is 17.2. The Labute approximate surface area is 93.8 Å². The van der Waals surface area contributed by atoms with Crippen LogP contribution < -0.4 is 0 Å². The third-order valence-electron chi connectivity index (χ3n) is 1.24. The van der Waals surface area contributed by atoms with Gasteiger partial charge in [-0.1, -0.05) is 40.4 Å². The van der Waals surface area contributed by atoms with Crippen molar-refractivity contribution in [1.82, 2.24) is 0 Å². The van der Waals surface area contributed by atoms with E-state index >= 15 is 0 Å². The molecule has 0 aromatic carbocycles. The molecule has 0 heterocycles. The first kappa shape index (κ1) is 12.9. The lowest BCUT2D eigenvalue weighted by Crippen LogP contribution is -2.24. The lowest BCUT2D eigenvalue weighted by Gasteiger charge is -2.25. The van der Waals surface area contributed by atoms with E-state index in [0.29, 0.717) is 12.8 Å². The molecule has 72 valence electrons. The Bertz CT molecular complexity index is 166. The topological polar surface area (TPSA) is 0 Å². The van der Waals surface area contributed by atoms with E-state index in [1.165, 1.54) is 0 Å². The van der Waals surface area contributed by atoms with Crippen molar-refractivity contribution in [2.45, 2.75) is 35.4 Å². The van der Waals surface area contributed by atoms with E-state index in [1.54, 1.807) is 0 Å². The lowest BCUT2D eigenvalue weighted by atomic mass is 9.99. The van der Waals surface area contributed by atoms with Crippen LogP contribution in [-0.4, -0.2) is 8.67 Å². The van der Waals surface area contributed by atoms with Crippen LogP contribution >= 0.6 is 46.4 Å². The zero-order valence-electron chi connectivity index (χ0n) is 7.13. The molecule has 0 radical (unpaired) electrons. The number of alkyl halides is 4. The molecule has 0 fully saturated rings. The van der Waals surface area contributed by atoms with Crippen molar-refractivity contribution >= 4 is 46.4 Å². The molecule has 0 saturated carbocycles. The van der Waals surface area contributed by atoms with E-state index in [4.69, 9.17) is 46.4 Å². The first-order valence-corrected chi connectivity index (χ1v) is 5.04. The number of allylic oxidation sites excluding steroid dienone is 1. The molecule has 0 amide bonds. The van der Waals surface area contributed by atoms with Crippen molar-refractivity contribution in [3.8, 4) is 0 Å². The van der Waals surface area contributed by atoms with Crippen molar-refractivity contribution in [3.05, 3.63) is 12.2 Å². The first-order chi connectivity index (χ1) is 5.12. The Hall–Kier alpha value is 0.900. The maximum absolute atomic E-state index is 6.10. The number of rotatable bonds is 3. The van der Waals surface area contributed by atoms with E-state index in [1.807, 2.05) is 13.8 Å². The maximum atomic E-state index is 6.10. The summed E-state index contributed by atoms with van der Waals surface area (Å²) in [5.41, 5.74) is 0.988. The lowest BCUT2D eigenvalue weighted by molar-refractivity contribution is 0.578. The van der Waals surface area contributed by atoms with Crippen molar-refractivity contribution in [2.24, 2.45) is 0 Å². The molecule has 0 aliphatic heterocycles. The second-order valence-electron chi connectivity index (χ2n) is 3.34. The molecule has 0 saturated heterocycles. The number of hydrogen-bond donors (Lipinski definition) is 0. The zero-order chi connectivity index (χ0) is 9.99. The molecule has 0 spiro atoms. The Kier molecular flexibility index (Phi) is 4.74. The minimum Gasteiger partial charge on any atom is -0.119 e. The minimum atomic E-state index is -1.29. The molecule has 1 unspecified atom stereocenters. The van der Waals surface area contributed by atoms with Crippen LogP contribution in [0.3, 0.4) is 0 Å². The van der Waals surface area contributed by atoms with Crippen molar-refractivity contribution in [2.75, 3.05) is 0 Å². The molecular weight excluding hydrogens is 238 g/mol. The zero-order valence-corrected chi connectivity index (χ0v) is 10.2. The largest absolute Gasteiger partial charge is 0.192 e. The van der Waals surface area contributed by atoms with Gasteiger partial charge >= 0.3 is 0 Å². The first-order valence-electron chi connectivity index (χ1n) is 3.52. The Morgan fingerprint density at radius 3 is 1.92 bits per heavy atom. The quantitative estimate of drug-likeness (QED) is 0.502. The van der Waals surface area contributed by atoms with Crippen LogP contribution in [0.15, 0.2) is 12.2 Å². The molecule has 0 rings (SSSR count). The van der Waals surface area contributed by atoms with Gasteiger partial charge in [0.1, 0.15) is 0 Å². The highest BCUT2D eigenvalue weighted by atomic mass is 35.6. The van der Waals surface area contributed by atoms with Gasteiger partial charge in [0.15, 0.2) is 3.79 Å². The standard InChI is InChI=1S/C8H12Cl4/c1-6(2)4-7(3,9)5-8(10,11)12/h1,4-5H2,2-3H3. The van der Waals surface area contributed by atoms with Gasteiger partial charge in [-0.2, -0.15) is 0 Å². The summed E-state index contributed by atoms with van der Waals surface area (Å²) in [4.78, 5) is -0.517. The van der Waals surface area contributed by atoms with E-state index in [9.17, 15) is 0 Å². The second-order valence-corrected chi connectivity index (χ2v) is 6.77. The molecule has 0 nitrogen and oxygen atoms in total. The summed E-state index contributed by atoms with van der Waals surface area (Å²) in [5.74, 6) is 0. The summed E-state index contributed by atoms with van der Waals surface area (Å²) in [7, 11) is 0. The van der Waals surface area contributed by atoms with Crippen LogP contribution in [0.1, 0.15) is 26.7 Å². The fourth-order valence-corrected chi connectivity index (χ4v) is 2.63. The molecule has 0 N–H and O–H groups in total. The smallest absolute Gasteiger partial charge is 0.119 e. The van der Waals surface area contributed by atoms with Gasteiger partial charge in [0.2, 0.25) is 0 Å². The monoisotopic (exact) mass is 248 g/mol. The number of halogens is 4. The molecule has 0 aliphatic carbocycles. The second kappa shape index (κ2) is 4.41. The van der Waals surface area contributed by atoms with Gasteiger partial charge in [-0.25, -0.2) is 0 Å². The van der Waals surface area contributed by atoms with Crippen molar-refractivity contribution < 1.29 is 0 Å². The molecule has 0 aromatic rings. The van der Waals surface area contributed by atoms with Crippen molar-refractivity contribution in [3.63, 3.8) is 0 Å². The van der Waals surface area contributed by atoms with E-state index in [2.05, 4.69) is 6.58 Å². The Balaban J connectivity index is 4.13. The third kappa shape index (κ3) is 7.54. The predicted octanol–water partition coefficient (Wildman–Crippen LogP) is 4.71. The highest BCUT2D eigenvalue weighted by Crippen LogP contribution is 2.40. The van der Waals surface area contributed by atoms with Gasteiger partial charge in [0.25, 0.3) is 0 Å². The highest BCUT2D eigenvalue weighted by molar-refractivity contribution is 6.67. The summed E-state index contributed by atoms with van der Waals surface area (Å²) < 4.78 is -1.29. The summed E-state index contributed by atoms with van der Waals surface area (Å²) in [6, 6.07) is 0. The van der Waals surface area contributed by atoms with Gasteiger partial charge < -0.3 is 0 Å². The minimum absolute atomic E-state index is 0.319. The van der Waals surface area contributed by atoms with Gasteiger partial charge in [-0.05, 0) is 20.3 Å². The van der Waals surface area contributed by atoms with Crippen LogP contribution in [0, 0.1) is 0 Å². The van der Waals surface area contributed by atoms with E-state index in [0.717, 1.165) is 5.57 Å². The van der Waals surface area contributed by atoms with Gasteiger partial charge in [-0.15, -0.1) is 18.2 Å². The summed E-state index contributed by atoms with van der Waals surface area (Å²) in [6.45, 7) is 7.50. The van der Waals surface area contributed by atoms with E-state index < -0.39 is 8.67 Å². The molecule has 12 heavy (non-hydrogen) atoms. The fraction of sp³-hybridized carbons (Fsp3) is 0.750. The summed E-state index contributed by atoms with van der Waals surface area (Å²) in [5, 5.41) is 0. The Morgan fingerprint density at radius 2 is 1.67 bits per heavy atom. The molecule has 0 aliphatic rings. The molecular formula is C8H12Cl4. The Morgan fingerprint density at radius 1 is 1.25 bits per heavy atom. The van der Waals surface area contributed by atoms with Crippen molar-refractivity contribution in [1.29, 1.82) is 0 Å². The fourth-order valence-electron chi connectivity index (χ4n) is 1.11. The van der Waals surface area contributed by atoms with Crippen LogP contribution in [0.25, 0.3) is 0 Å². The number of hydrogen-bond acceptors (Lipinski definition) is 0. The van der Waals surface area contributed by atoms with Gasteiger partial charge in [-0.3, -0.25) is 0 Å². The summed E-state index contributed by atoms with van der Waals surface area (Å²) >= 11 is 23.0. The van der Waals surface area contributed by atoms with E-state index in [-0.39, 0.29) is 0 Å². The van der Waals surface area contributed by atoms with Crippen LogP contribution in [0.5, 0.6) is 0 Å². The molecule has 4 heteroatoms. The predicted molar refractivity (Wildman–Crippen MR) is 58.6 cm³/mol.